The lowest BCUT2D eigenvalue weighted by Gasteiger charge is -2.05. The van der Waals surface area contributed by atoms with Crippen LogP contribution in [0.1, 0.15) is 82.3 Å². The fraction of sp³-hybridized carbons (Fsp3) is 0.684. The van der Waals surface area contributed by atoms with Crippen molar-refractivity contribution in [2.45, 2.75) is 84.5 Å². The van der Waals surface area contributed by atoms with Gasteiger partial charge in [-0.05, 0) is 37.0 Å². The highest BCUT2D eigenvalue weighted by atomic mass is 14.5. The zero-order valence-corrected chi connectivity index (χ0v) is 13.6. The van der Waals surface area contributed by atoms with Crippen LogP contribution in [0, 0.1) is 6.92 Å². The molecule has 0 amide bonds. The largest absolute Gasteiger partial charge is 0.399 e. The van der Waals surface area contributed by atoms with Crippen molar-refractivity contribution in [2.24, 2.45) is 0 Å². The first-order valence-electron chi connectivity index (χ1n) is 8.59. The molecule has 1 nitrogen and oxygen atoms in total. The van der Waals surface area contributed by atoms with Crippen molar-refractivity contribution in [3.8, 4) is 0 Å². The maximum Gasteiger partial charge on any atom is 0.0343 e. The van der Waals surface area contributed by atoms with Crippen LogP contribution < -0.4 is 5.73 Å². The van der Waals surface area contributed by atoms with Gasteiger partial charge in [-0.25, -0.2) is 0 Å². The van der Waals surface area contributed by atoms with Crippen LogP contribution in [0.15, 0.2) is 18.2 Å². The summed E-state index contributed by atoms with van der Waals surface area (Å²) in [5.74, 6) is 0. The Bertz CT molecular complexity index is 357. The lowest BCUT2D eigenvalue weighted by Crippen LogP contribution is -1.92. The van der Waals surface area contributed by atoms with E-state index in [-0.39, 0.29) is 0 Å². The number of nitrogen functional groups attached to an aromatic ring is 1. The average molecular weight is 275 g/mol. The Balaban J connectivity index is 1.95. The molecule has 2 N–H and O–H groups in total. The Morgan fingerprint density at radius 1 is 0.800 bits per heavy atom. The predicted molar refractivity (Wildman–Crippen MR) is 91.1 cm³/mol. The molecule has 0 atom stereocenters. The van der Waals surface area contributed by atoms with E-state index < -0.39 is 0 Å². The third-order valence-corrected chi connectivity index (χ3v) is 4.15. The van der Waals surface area contributed by atoms with Crippen molar-refractivity contribution in [2.75, 3.05) is 5.73 Å². The minimum atomic E-state index is 0.914. The molecule has 0 heterocycles. The summed E-state index contributed by atoms with van der Waals surface area (Å²) in [7, 11) is 0. The van der Waals surface area contributed by atoms with Crippen LogP contribution in [-0.4, -0.2) is 0 Å². The summed E-state index contributed by atoms with van der Waals surface area (Å²) in [4.78, 5) is 0. The SMILES string of the molecule is CCCCCCCCCCCCc1ccc(N)c(C)c1. The average Bonchev–Trinajstić information content (AvgIpc) is 2.45. The molecular formula is C19H33N. The van der Waals surface area contributed by atoms with E-state index in [2.05, 4.69) is 26.0 Å². The lowest BCUT2D eigenvalue weighted by molar-refractivity contribution is 0.556. The van der Waals surface area contributed by atoms with Crippen LogP contribution in [-0.2, 0) is 6.42 Å². The molecule has 0 aliphatic carbocycles. The van der Waals surface area contributed by atoms with Gasteiger partial charge in [0.1, 0.15) is 0 Å². The fourth-order valence-electron chi connectivity index (χ4n) is 2.71. The second-order valence-electron chi connectivity index (χ2n) is 6.12. The molecule has 0 aliphatic heterocycles. The summed E-state index contributed by atoms with van der Waals surface area (Å²) in [6.07, 6.45) is 15.3. The topological polar surface area (TPSA) is 26.0 Å². The first kappa shape index (κ1) is 17.1. The minimum absolute atomic E-state index is 0.914. The van der Waals surface area contributed by atoms with Gasteiger partial charge >= 0.3 is 0 Å². The molecule has 0 bridgehead atoms. The molecule has 1 aromatic carbocycles. The van der Waals surface area contributed by atoms with Gasteiger partial charge in [0.15, 0.2) is 0 Å². The molecule has 1 aromatic rings. The molecule has 0 saturated heterocycles. The van der Waals surface area contributed by atoms with Gasteiger partial charge in [0, 0.05) is 5.69 Å². The zero-order chi connectivity index (χ0) is 14.6. The third kappa shape index (κ3) is 7.57. The van der Waals surface area contributed by atoms with Crippen molar-refractivity contribution in [3.63, 3.8) is 0 Å². The summed E-state index contributed by atoms with van der Waals surface area (Å²) in [6.45, 7) is 4.37. The second-order valence-corrected chi connectivity index (χ2v) is 6.12. The van der Waals surface area contributed by atoms with Crippen LogP contribution in [0.3, 0.4) is 0 Å². The second kappa shape index (κ2) is 10.8. The third-order valence-electron chi connectivity index (χ3n) is 4.15. The molecule has 0 radical (unpaired) electrons. The summed E-state index contributed by atoms with van der Waals surface area (Å²) < 4.78 is 0. The number of anilines is 1. The van der Waals surface area contributed by atoms with Crippen LogP contribution in [0.4, 0.5) is 5.69 Å². The zero-order valence-electron chi connectivity index (χ0n) is 13.6. The Morgan fingerprint density at radius 3 is 1.90 bits per heavy atom. The van der Waals surface area contributed by atoms with Crippen molar-refractivity contribution in [1.29, 1.82) is 0 Å². The summed E-state index contributed by atoms with van der Waals surface area (Å²) in [5, 5.41) is 0. The van der Waals surface area contributed by atoms with Gasteiger partial charge < -0.3 is 5.73 Å². The minimum Gasteiger partial charge on any atom is -0.399 e. The van der Waals surface area contributed by atoms with E-state index in [1.807, 2.05) is 6.07 Å². The number of aryl methyl sites for hydroxylation is 2. The molecule has 0 fully saturated rings. The maximum absolute atomic E-state index is 5.84. The van der Waals surface area contributed by atoms with Crippen molar-refractivity contribution < 1.29 is 0 Å². The fourth-order valence-corrected chi connectivity index (χ4v) is 2.71. The number of hydrogen-bond donors (Lipinski definition) is 1. The van der Waals surface area contributed by atoms with Crippen LogP contribution >= 0.6 is 0 Å². The number of hydrogen-bond acceptors (Lipinski definition) is 1. The Kier molecular flexibility index (Phi) is 9.19. The first-order chi connectivity index (χ1) is 9.74. The molecule has 0 aliphatic rings. The Hall–Kier alpha value is -0.980. The van der Waals surface area contributed by atoms with E-state index in [1.54, 1.807) is 0 Å². The molecule has 0 unspecified atom stereocenters. The monoisotopic (exact) mass is 275 g/mol. The van der Waals surface area contributed by atoms with E-state index in [4.69, 9.17) is 5.73 Å². The van der Waals surface area contributed by atoms with Gasteiger partial charge in [-0.3, -0.25) is 0 Å². The van der Waals surface area contributed by atoms with Gasteiger partial charge in [0.2, 0.25) is 0 Å². The van der Waals surface area contributed by atoms with Gasteiger partial charge in [-0.1, -0.05) is 76.8 Å². The van der Waals surface area contributed by atoms with Crippen LogP contribution in [0.2, 0.25) is 0 Å². The molecule has 1 heteroatoms. The van der Waals surface area contributed by atoms with Gasteiger partial charge in [-0.2, -0.15) is 0 Å². The van der Waals surface area contributed by atoms with Crippen molar-refractivity contribution in [1.82, 2.24) is 0 Å². The normalized spacial score (nSPS) is 10.9. The van der Waals surface area contributed by atoms with Crippen molar-refractivity contribution >= 4 is 5.69 Å². The smallest absolute Gasteiger partial charge is 0.0343 e. The highest BCUT2D eigenvalue weighted by Gasteiger charge is 1.97. The Morgan fingerprint density at radius 2 is 1.35 bits per heavy atom. The highest BCUT2D eigenvalue weighted by molar-refractivity contribution is 5.47. The molecule has 0 aromatic heterocycles. The van der Waals surface area contributed by atoms with Crippen molar-refractivity contribution in [3.05, 3.63) is 29.3 Å². The lowest BCUT2D eigenvalue weighted by atomic mass is 10.0. The van der Waals surface area contributed by atoms with E-state index in [0.717, 1.165) is 5.69 Å². The summed E-state index contributed by atoms with van der Waals surface area (Å²) in [5.41, 5.74) is 9.41. The quantitative estimate of drug-likeness (QED) is 0.386. The first-order valence-corrected chi connectivity index (χ1v) is 8.59. The molecular weight excluding hydrogens is 242 g/mol. The number of benzene rings is 1. The summed E-state index contributed by atoms with van der Waals surface area (Å²) in [6, 6.07) is 6.46. The van der Waals surface area contributed by atoms with E-state index in [1.165, 1.54) is 81.8 Å². The molecule has 20 heavy (non-hydrogen) atoms. The molecule has 0 saturated carbocycles. The van der Waals surface area contributed by atoms with Gasteiger partial charge in [0.05, 0.1) is 0 Å². The number of unbranched alkanes of at least 4 members (excludes halogenated alkanes) is 9. The van der Waals surface area contributed by atoms with Crippen LogP contribution in [0.25, 0.3) is 0 Å². The molecule has 0 spiro atoms. The Labute approximate surface area is 126 Å². The van der Waals surface area contributed by atoms with Crippen LogP contribution in [0.5, 0.6) is 0 Å². The number of rotatable bonds is 11. The maximum atomic E-state index is 5.84. The van der Waals surface area contributed by atoms with E-state index in [9.17, 15) is 0 Å². The summed E-state index contributed by atoms with van der Waals surface area (Å²) >= 11 is 0. The van der Waals surface area contributed by atoms with E-state index >= 15 is 0 Å². The van der Waals surface area contributed by atoms with E-state index in [0.29, 0.717) is 0 Å². The standard InChI is InChI=1S/C19H33N/c1-3-4-5-6-7-8-9-10-11-12-13-18-14-15-19(20)17(2)16-18/h14-16H,3-13,20H2,1-2H3. The highest BCUT2D eigenvalue weighted by Crippen LogP contribution is 2.16. The van der Waals surface area contributed by atoms with Gasteiger partial charge in [0.25, 0.3) is 0 Å². The molecule has 1 rings (SSSR count). The predicted octanol–water partition coefficient (Wildman–Crippen LogP) is 6.04. The molecule has 114 valence electrons. The number of nitrogens with two attached hydrogens (primary N) is 1. The van der Waals surface area contributed by atoms with Gasteiger partial charge in [-0.15, -0.1) is 0 Å².